The van der Waals surface area contributed by atoms with Crippen LogP contribution in [0.25, 0.3) is 10.9 Å². The van der Waals surface area contributed by atoms with Gasteiger partial charge in [0.2, 0.25) is 0 Å². The second-order valence-electron chi connectivity index (χ2n) is 5.69. The predicted octanol–water partition coefficient (Wildman–Crippen LogP) is 4.93. The number of carbonyl (C=O) groups excluding carboxylic acids is 1. The molecule has 0 spiro atoms. The maximum atomic E-state index is 12.4. The van der Waals surface area contributed by atoms with Crippen LogP contribution in [0.1, 0.15) is 49.0 Å². The Kier molecular flexibility index (Phi) is 4.41. The summed E-state index contributed by atoms with van der Waals surface area (Å²) in [5.74, 6) is -0.0645. The number of amides is 1. The first-order chi connectivity index (χ1) is 10.1. The molecular formula is C16H18Cl2N2O. The van der Waals surface area contributed by atoms with Crippen LogP contribution in [0.3, 0.4) is 0 Å². The molecule has 112 valence electrons. The van der Waals surface area contributed by atoms with Crippen LogP contribution in [-0.2, 0) is 0 Å². The van der Waals surface area contributed by atoms with Gasteiger partial charge in [-0.1, -0.05) is 48.9 Å². The Morgan fingerprint density at radius 2 is 1.81 bits per heavy atom. The summed E-state index contributed by atoms with van der Waals surface area (Å²) in [6.45, 7) is 0. The first-order valence-electron chi connectivity index (χ1n) is 7.42. The summed E-state index contributed by atoms with van der Waals surface area (Å²) in [5.41, 5.74) is 1.33. The van der Waals surface area contributed by atoms with E-state index in [2.05, 4.69) is 10.3 Å². The van der Waals surface area contributed by atoms with Crippen LogP contribution in [0.15, 0.2) is 18.2 Å². The van der Waals surface area contributed by atoms with E-state index in [9.17, 15) is 4.79 Å². The van der Waals surface area contributed by atoms with E-state index in [0.717, 1.165) is 23.7 Å². The minimum absolute atomic E-state index is 0.0645. The second kappa shape index (κ2) is 6.29. The summed E-state index contributed by atoms with van der Waals surface area (Å²) in [6.07, 6.45) is 7.06. The van der Waals surface area contributed by atoms with Gasteiger partial charge < -0.3 is 10.3 Å². The van der Waals surface area contributed by atoms with E-state index in [1.165, 1.54) is 25.7 Å². The molecule has 0 atom stereocenters. The van der Waals surface area contributed by atoms with E-state index in [1.54, 1.807) is 18.2 Å². The highest BCUT2D eigenvalue weighted by molar-refractivity contribution is 6.38. The maximum absolute atomic E-state index is 12.4. The van der Waals surface area contributed by atoms with Crippen LogP contribution in [0.2, 0.25) is 10.0 Å². The normalized spacial score (nSPS) is 16.9. The number of fused-ring (bicyclic) bond motifs is 1. The first-order valence-corrected chi connectivity index (χ1v) is 8.18. The molecule has 1 aromatic carbocycles. The molecule has 0 radical (unpaired) electrons. The Bertz CT molecular complexity index is 658. The lowest BCUT2D eigenvalue weighted by molar-refractivity contribution is 0.0929. The van der Waals surface area contributed by atoms with Crippen molar-refractivity contribution < 1.29 is 4.79 Å². The van der Waals surface area contributed by atoms with Crippen molar-refractivity contribution in [1.29, 1.82) is 0 Å². The largest absolute Gasteiger partial charge is 0.350 e. The smallest absolute Gasteiger partial charge is 0.267 e. The van der Waals surface area contributed by atoms with Crippen molar-refractivity contribution in [3.8, 4) is 0 Å². The van der Waals surface area contributed by atoms with E-state index in [1.807, 2.05) is 0 Å². The second-order valence-corrected chi connectivity index (χ2v) is 6.54. The van der Waals surface area contributed by atoms with Gasteiger partial charge in [0, 0.05) is 22.0 Å². The number of carbonyl (C=O) groups is 1. The third-order valence-corrected chi connectivity index (χ3v) is 4.62. The minimum atomic E-state index is -0.0645. The number of H-pyrrole nitrogens is 1. The van der Waals surface area contributed by atoms with Gasteiger partial charge in [-0.3, -0.25) is 4.79 Å². The van der Waals surface area contributed by atoms with Crippen LogP contribution in [0, 0.1) is 0 Å². The fraction of sp³-hybridized carbons (Fsp3) is 0.438. The van der Waals surface area contributed by atoms with Crippen molar-refractivity contribution in [1.82, 2.24) is 10.3 Å². The summed E-state index contributed by atoms with van der Waals surface area (Å²) in [7, 11) is 0. The molecule has 2 N–H and O–H groups in total. The van der Waals surface area contributed by atoms with Crippen molar-refractivity contribution in [3.63, 3.8) is 0 Å². The number of hydrogen-bond donors (Lipinski definition) is 2. The summed E-state index contributed by atoms with van der Waals surface area (Å²) in [6, 6.07) is 5.54. The lowest BCUT2D eigenvalue weighted by Crippen LogP contribution is -2.34. The highest BCUT2D eigenvalue weighted by atomic mass is 35.5. The van der Waals surface area contributed by atoms with Crippen molar-refractivity contribution >= 4 is 40.0 Å². The summed E-state index contributed by atoms with van der Waals surface area (Å²) in [4.78, 5) is 15.5. The lowest BCUT2D eigenvalue weighted by Gasteiger charge is -2.15. The highest BCUT2D eigenvalue weighted by Crippen LogP contribution is 2.28. The number of nitrogens with one attached hydrogen (secondary N) is 2. The SMILES string of the molecule is O=C(NC1CCCCCC1)c1cc2c(Cl)cc(Cl)cc2[nH]1. The molecule has 1 aliphatic carbocycles. The molecule has 1 heterocycles. The standard InChI is InChI=1S/C16H18Cl2N2O/c17-10-7-13(18)12-9-15(20-14(12)8-10)16(21)19-11-5-3-1-2-4-6-11/h7-9,11,20H,1-6H2,(H,19,21). The number of hydrogen-bond acceptors (Lipinski definition) is 1. The topological polar surface area (TPSA) is 44.9 Å². The first kappa shape index (κ1) is 14.7. The Morgan fingerprint density at radius 3 is 2.52 bits per heavy atom. The fourth-order valence-corrected chi connectivity index (χ4v) is 3.52. The van der Waals surface area contributed by atoms with Gasteiger partial charge in [0.1, 0.15) is 5.69 Å². The Hall–Kier alpha value is -1.19. The van der Waals surface area contributed by atoms with Crippen molar-refractivity contribution in [2.75, 3.05) is 0 Å². The van der Waals surface area contributed by atoms with Crippen LogP contribution in [0.5, 0.6) is 0 Å². The Labute approximate surface area is 134 Å². The number of benzene rings is 1. The minimum Gasteiger partial charge on any atom is -0.350 e. The van der Waals surface area contributed by atoms with Gasteiger partial charge in [0.05, 0.1) is 5.02 Å². The molecule has 2 aromatic rings. The molecule has 0 bridgehead atoms. The zero-order valence-corrected chi connectivity index (χ0v) is 13.2. The molecule has 1 aliphatic rings. The molecule has 1 saturated carbocycles. The molecule has 21 heavy (non-hydrogen) atoms. The molecule has 3 rings (SSSR count). The summed E-state index contributed by atoms with van der Waals surface area (Å²) in [5, 5.41) is 5.07. The van der Waals surface area contributed by atoms with E-state index >= 15 is 0 Å². The Morgan fingerprint density at radius 1 is 1.10 bits per heavy atom. The summed E-state index contributed by atoms with van der Waals surface area (Å²) < 4.78 is 0. The molecule has 0 unspecified atom stereocenters. The van der Waals surface area contributed by atoms with Crippen LogP contribution < -0.4 is 5.32 Å². The quantitative estimate of drug-likeness (QED) is 0.756. The van der Waals surface area contributed by atoms with Gasteiger partial charge in [-0.25, -0.2) is 0 Å². The van der Waals surface area contributed by atoms with E-state index < -0.39 is 0 Å². The van der Waals surface area contributed by atoms with Crippen LogP contribution >= 0.6 is 23.2 Å². The third-order valence-electron chi connectivity index (χ3n) is 4.09. The van der Waals surface area contributed by atoms with Crippen molar-refractivity contribution in [3.05, 3.63) is 33.9 Å². The number of aromatic amines is 1. The van der Waals surface area contributed by atoms with Crippen LogP contribution in [-0.4, -0.2) is 16.9 Å². The highest BCUT2D eigenvalue weighted by Gasteiger charge is 2.17. The van der Waals surface area contributed by atoms with Gasteiger partial charge >= 0.3 is 0 Å². The average molecular weight is 325 g/mol. The number of rotatable bonds is 2. The monoisotopic (exact) mass is 324 g/mol. The molecular weight excluding hydrogens is 307 g/mol. The average Bonchev–Trinajstić information content (AvgIpc) is 2.70. The van der Waals surface area contributed by atoms with E-state index in [0.29, 0.717) is 15.7 Å². The molecule has 0 saturated heterocycles. The van der Waals surface area contributed by atoms with Gasteiger partial charge in [-0.15, -0.1) is 0 Å². The van der Waals surface area contributed by atoms with Gasteiger partial charge in [0.15, 0.2) is 0 Å². The fourth-order valence-electron chi connectivity index (χ4n) is 2.97. The van der Waals surface area contributed by atoms with Crippen molar-refractivity contribution in [2.45, 2.75) is 44.6 Å². The number of halogens is 2. The zero-order chi connectivity index (χ0) is 14.8. The predicted molar refractivity (Wildman–Crippen MR) is 87.3 cm³/mol. The van der Waals surface area contributed by atoms with Gasteiger partial charge in [-0.2, -0.15) is 0 Å². The van der Waals surface area contributed by atoms with E-state index in [4.69, 9.17) is 23.2 Å². The van der Waals surface area contributed by atoms with Crippen LogP contribution in [0.4, 0.5) is 0 Å². The molecule has 0 aliphatic heterocycles. The number of aromatic nitrogens is 1. The molecule has 1 fully saturated rings. The summed E-state index contributed by atoms with van der Waals surface area (Å²) >= 11 is 12.1. The maximum Gasteiger partial charge on any atom is 0.267 e. The third kappa shape index (κ3) is 3.35. The van der Waals surface area contributed by atoms with Crippen molar-refractivity contribution in [2.24, 2.45) is 0 Å². The lowest BCUT2D eigenvalue weighted by atomic mass is 10.1. The van der Waals surface area contributed by atoms with Gasteiger partial charge in [0.25, 0.3) is 5.91 Å². The molecule has 1 amide bonds. The Balaban J connectivity index is 1.79. The zero-order valence-electron chi connectivity index (χ0n) is 11.7. The van der Waals surface area contributed by atoms with E-state index in [-0.39, 0.29) is 11.9 Å². The van der Waals surface area contributed by atoms with Gasteiger partial charge in [-0.05, 0) is 31.0 Å². The molecule has 5 heteroatoms. The molecule has 3 nitrogen and oxygen atoms in total. The molecule has 1 aromatic heterocycles.